The zero-order valence-electron chi connectivity index (χ0n) is 16.4. The molecular weight excluding hydrogens is 368 g/mol. The number of carbonyl (C=O) groups is 1. The topological polar surface area (TPSA) is 34.5 Å². The Kier molecular flexibility index (Phi) is 5.74. The van der Waals surface area contributed by atoms with Crippen LogP contribution in [0.15, 0.2) is 65.7 Å². The summed E-state index contributed by atoms with van der Waals surface area (Å²) >= 11 is 1.82. The third kappa shape index (κ3) is 4.26. The number of rotatable bonds is 5. The summed E-state index contributed by atoms with van der Waals surface area (Å²) in [5.74, 6) is 1.07. The Hall–Kier alpha value is -2.24. The van der Waals surface area contributed by atoms with Crippen molar-refractivity contribution in [2.24, 2.45) is 0 Å². The number of hydrogen-bond donors (Lipinski definition) is 0. The highest BCUT2D eigenvalue weighted by Gasteiger charge is 2.26. The Balaban J connectivity index is 1.53. The average molecular weight is 395 g/mol. The normalized spacial score (nSPS) is 19.9. The van der Waals surface area contributed by atoms with Gasteiger partial charge in [0.15, 0.2) is 0 Å². The molecule has 2 atom stereocenters. The molecule has 4 nitrogen and oxygen atoms in total. The van der Waals surface area contributed by atoms with Crippen molar-refractivity contribution in [3.63, 3.8) is 0 Å². The Bertz CT molecular complexity index is 944. The number of para-hydroxylation sites is 1. The zero-order valence-corrected chi connectivity index (χ0v) is 17.2. The maximum Gasteiger partial charge on any atom is 0.242 e. The van der Waals surface area contributed by atoms with Crippen molar-refractivity contribution in [1.82, 2.24) is 9.47 Å². The molecule has 0 radical (unpaired) electrons. The van der Waals surface area contributed by atoms with Crippen LogP contribution in [0.1, 0.15) is 19.4 Å². The molecule has 3 aromatic rings. The summed E-state index contributed by atoms with van der Waals surface area (Å²) in [5.41, 5.74) is 2.41. The summed E-state index contributed by atoms with van der Waals surface area (Å²) in [6.45, 7) is 5.75. The molecule has 1 saturated heterocycles. The van der Waals surface area contributed by atoms with E-state index in [0.29, 0.717) is 19.6 Å². The molecule has 1 aromatic heterocycles. The number of ether oxygens (including phenoxy) is 1. The number of nitrogens with zero attached hydrogens (tertiary/aromatic N) is 2. The SMILES string of the molecule is CC1CN(C(=O)Cn2cc(SCc3ccccc3)c3ccccc32)CC(C)O1. The van der Waals surface area contributed by atoms with Crippen molar-refractivity contribution >= 4 is 28.6 Å². The highest BCUT2D eigenvalue weighted by molar-refractivity contribution is 7.98. The van der Waals surface area contributed by atoms with Crippen LogP contribution >= 0.6 is 11.8 Å². The molecule has 4 rings (SSSR count). The lowest BCUT2D eigenvalue weighted by atomic mass is 10.2. The predicted octanol–water partition coefficient (Wildman–Crippen LogP) is 4.57. The van der Waals surface area contributed by atoms with Gasteiger partial charge in [0.25, 0.3) is 0 Å². The van der Waals surface area contributed by atoms with Gasteiger partial charge in [-0.1, -0.05) is 48.5 Å². The molecule has 1 aliphatic rings. The van der Waals surface area contributed by atoms with Gasteiger partial charge >= 0.3 is 0 Å². The van der Waals surface area contributed by atoms with E-state index in [9.17, 15) is 4.79 Å². The standard InChI is InChI=1S/C23H26N2O2S/c1-17-12-25(13-18(2)27-17)23(26)15-24-14-22(20-10-6-7-11-21(20)24)28-16-19-8-4-3-5-9-19/h3-11,14,17-18H,12-13,15-16H2,1-2H3. The fourth-order valence-electron chi connectivity index (χ4n) is 3.82. The molecule has 0 N–H and O–H groups in total. The van der Waals surface area contributed by atoms with Crippen LogP contribution in [0.4, 0.5) is 0 Å². The molecule has 0 saturated carbocycles. The van der Waals surface area contributed by atoms with Gasteiger partial charge in [0.1, 0.15) is 6.54 Å². The molecule has 1 amide bonds. The van der Waals surface area contributed by atoms with Gasteiger partial charge in [-0.05, 0) is 25.5 Å². The largest absolute Gasteiger partial charge is 0.372 e. The number of benzene rings is 2. The van der Waals surface area contributed by atoms with E-state index in [0.717, 1.165) is 11.3 Å². The van der Waals surface area contributed by atoms with Gasteiger partial charge in [-0.2, -0.15) is 0 Å². The molecule has 28 heavy (non-hydrogen) atoms. The minimum Gasteiger partial charge on any atom is -0.372 e. The number of hydrogen-bond acceptors (Lipinski definition) is 3. The van der Waals surface area contributed by atoms with Gasteiger partial charge < -0.3 is 14.2 Å². The van der Waals surface area contributed by atoms with Crippen LogP contribution in [-0.2, 0) is 21.8 Å². The lowest BCUT2D eigenvalue weighted by molar-refractivity contribution is -0.143. The molecule has 1 fully saturated rings. The first-order valence-electron chi connectivity index (χ1n) is 9.78. The van der Waals surface area contributed by atoms with Gasteiger partial charge in [0.05, 0.1) is 12.2 Å². The number of amides is 1. The number of fused-ring (bicyclic) bond motifs is 1. The second kappa shape index (κ2) is 8.41. The Morgan fingerprint density at radius 2 is 1.71 bits per heavy atom. The first-order valence-corrected chi connectivity index (χ1v) is 10.8. The monoisotopic (exact) mass is 394 g/mol. The van der Waals surface area contributed by atoms with Gasteiger partial charge in [-0.3, -0.25) is 4.79 Å². The van der Waals surface area contributed by atoms with Gasteiger partial charge in [0.2, 0.25) is 5.91 Å². The Morgan fingerprint density at radius 1 is 1.04 bits per heavy atom. The summed E-state index contributed by atoms with van der Waals surface area (Å²) in [4.78, 5) is 16.1. The van der Waals surface area contributed by atoms with Crippen molar-refractivity contribution in [2.45, 2.75) is 43.2 Å². The zero-order chi connectivity index (χ0) is 19.5. The van der Waals surface area contributed by atoms with E-state index in [4.69, 9.17) is 4.74 Å². The molecule has 2 aromatic carbocycles. The quantitative estimate of drug-likeness (QED) is 0.595. The third-order valence-corrected chi connectivity index (χ3v) is 6.18. The van der Waals surface area contributed by atoms with Crippen LogP contribution in [0, 0.1) is 0 Å². The first-order chi connectivity index (χ1) is 13.6. The van der Waals surface area contributed by atoms with E-state index >= 15 is 0 Å². The van der Waals surface area contributed by atoms with Crippen molar-refractivity contribution < 1.29 is 9.53 Å². The van der Waals surface area contributed by atoms with Crippen LogP contribution in [0.2, 0.25) is 0 Å². The number of carbonyl (C=O) groups excluding carboxylic acids is 1. The van der Waals surface area contributed by atoms with Gasteiger partial charge in [-0.15, -0.1) is 11.8 Å². The maximum absolute atomic E-state index is 12.9. The Morgan fingerprint density at radius 3 is 2.46 bits per heavy atom. The van der Waals surface area contributed by atoms with Crippen LogP contribution in [0.3, 0.4) is 0 Å². The molecule has 146 valence electrons. The predicted molar refractivity (Wildman–Crippen MR) is 115 cm³/mol. The van der Waals surface area contributed by atoms with Crippen LogP contribution in [-0.4, -0.2) is 40.7 Å². The molecule has 5 heteroatoms. The molecule has 1 aliphatic heterocycles. The van der Waals surface area contributed by atoms with Crippen molar-refractivity contribution in [3.8, 4) is 0 Å². The highest BCUT2D eigenvalue weighted by atomic mass is 32.2. The summed E-state index contributed by atoms with van der Waals surface area (Å²) in [6, 6.07) is 18.8. The molecule has 0 aliphatic carbocycles. The minimum absolute atomic E-state index is 0.0890. The molecule has 0 spiro atoms. The van der Waals surface area contributed by atoms with E-state index in [-0.39, 0.29) is 18.1 Å². The summed E-state index contributed by atoms with van der Waals surface area (Å²) in [7, 11) is 0. The van der Waals surface area contributed by atoms with Gasteiger partial charge in [-0.25, -0.2) is 0 Å². The van der Waals surface area contributed by atoms with E-state index in [1.807, 2.05) is 42.6 Å². The van der Waals surface area contributed by atoms with E-state index < -0.39 is 0 Å². The second-order valence-corrected chi connectivity index (χ2v) is 8.49. The van der Waals surface area contributed by atoms with E-state index in [2.05, 4.69) is 53.2 Å². The van der Waals surface area contributed by atoms with Crippen LogP contribution in [0.5, 0.6) is 0 Å². The molecular formula is C23H26N2O2S. The average Bonchev–Trinajstić information content (AvgIpc) is 3.04. The van der Waals surface area contributed by atoms with Crippen molar-refractivity contribution in [1.29, 1.82) is 0 Å². The molecule has 2 heterocycles. The number of morpholine rings is 1. The molecule has 0 bridgehead atoms. The lowest BCUT2D eigenvalue weighted by Gasteiger charge is -2.35. The smallest absolute Gasteiger partial charge is 0.242 e. The fraction of sp³-hybridized carbons (Fsp3) is 0.348. The van der Waals surface area contributed by atoms with E-state index in [1.165, 1.54) is 15.8 Å². The van der Waals surface area contributed by atoms with E-state index in [1.54, 1.807) is 0 Å². The number of thioether (sulfide) groups is 1. The lowest BCUT2D eigenvalue weighted by Crippen LogP contribution is -2.49. The Labute approximate surface area is 170 Å². The summed E-state index contributed by atoms with van der Waals surface area (Å²) in [5, 5.41) is 1.21. The fourth-order valence-corrected chi connectivity index (χ4v) is 4.87. The van der Waals surface area contributed by atoms with Crippen molar-refractivity contribution in [3.05, 3.63) is 66.4 Å². The first kappa shape index (κ1) is 19.1. The second-order valence-electron chi connectivity index (χ2n) is 7.47. The van der Waals surface area contributed by atoms with Crippen molar-refractivity contribution in [2.75, 3.05) is 13.1 Å². The summed E-state index contributed by atoms with van der Waals surface area (Å²) in [6.07, 6.45) is 2.31. The third-order valence-electron chi connectivity index (χ3n) is 5.07. The van der Waals surface area contributed by atoms with Gasteiger partial charge in [0, 0.05) is 40.8 Å². The number of aromatic nitrogens is 1. The maximum atomic E-state index is 12.9. The highest BCUT2D eigenvalue weighted by Crippen LogP contribution is 2.32. The molecule has 2 unspecified atom stereocenters. The van der Waals surface area contributed by atoms with Crippen LogP contribution in [0.25, 0.3) is 10.9 Å². The minimum atomic E-state index is 0.0890. The van der Waals surface area contributed by atoms with Crippen LogP contribution < -0.4 is 0 Å². The summed E-state index contributed by atoms with van der Waals surface area (Å²) < 4.78 is 7.85.